The van der Waals surface area contributed by atoms with Crippen molar-refractivity contribution >= 4 is 11.5 Å². The highest BCUT2D eigenvalue weighted by Gasteiger charge is 2.52. The Morgan fingerprint density at radius 2 is 1.78 bits per heavy atom. The standard InChI is InChI=1S/C22H27N2O2.BrH/c1-3-17-7-11-19(12-8-17)23-16-22(25,24-15-5-4-6-21(23)24)18-9-13-20(26-2)14-10-18;/h7-14,25H,3-6,15-16H2,1-2H3;1H/q+1;/p-1. The zero-order chi connectivity index (χ0) is 18.1. The summed E-state index contributed by atoms with van der Waals surface area (Å²) in [5.41, 5.74) is 2.42. The Bertz CT molecular complexity index is 817. The van der Waals surface area contributed by atoms with Gasteiger partial charge in [-0.15, -0.1) is 0 Å². The molecule has 0 fully saturated rings. The van der Waals surface area contributed by atoms with Crippen LogP contribution in [-0.2, 0) is 12.1 Å². The molecule has 0 amide bonds. The Kier molecular flexibility index (Phi) is 5.92. The molecule has 0 bridgehead atoms. The fourth-order valence-corrected chi connectivity index (χ4v) is 4.15. The smallest absolute Gasteiger partial charge is 0.271 e. The van der Waals surface area contributed by atoms with Crippen LogP contribution in [0.25, 0.3) is 0 Å². The number of halogens is 1. The van der Waals surface area contributed by atoms with E-state index in [2.05, 4.69) is 40.7 Å². The lowest BCUT2D eigenvalue weighted by Gasteiger charge is -2.24. The minimum Gasteiger partial charge on any atom is -1.00 e. The van der Waals surface area contributed by atoms with E-state index in [4.69, 9.17) is 4.74 Å². The van der Waals surface area contributed by atoms with Gasteiger partial charge in [-0.25, -0.2) is 9.48 Å². The molecule has 2 aromatic rings. The van der Waals surface area contributed by atoms with Crippen LogP contribution >= 0.6 is 0 Å². The van der Waals surface area contributed by atoms with E-state index in [0.717, 1.165) is 42.8 Å². The lowest BCUT2D eigenvalue weighted by molar-refractivity contribution is -0.661. The molecule has 0 saturated carbocycles. The van der Waals surface area contributed by atoms with Gasteiger partial charge in [0.25, 0.3) is 11.6 Å². The molecule has 2 aliphatic heterocycles. The molecule has 0 radical (unpaired) electrons. The van der Waals surface area contributed by atoms with E-state index in [0.29, 0.717) is 6.54 Å². The van der Waals surface area contributed by atoms with Gasteiger partial charge in [0.1, 0.15) is 11.4 Å². The molecule has 5 heteroatoms. The quantitative estimate of drug-likeness (QED) is 0.718. The van der Waals surface area contributed by atoms with Crippen LogP contribution < -0.4 is 26.6 Å². The van der Waals surface area contributed by atoms with Crippen molar-refractivity contribution in [3.63, 3.8) is 0 Å². The number of hydrogen-bond donors (Lipinski definition) is 1. The lowest BCUT2D eigenvalue weighted by Crippen LogP contribution is -3.00. The van der Waals surface area contributed by atoms with Crippen LogP contribution in [0, 0.1) is 0 Å². The average Bonchev–Trinajstić information content (AvgIpc) is 3.02. The molecule has 27 heavy (non-hydrogen) atoms. The number of aliphatic hydroxyl groups is 1. The van der Waals surface area contributed by atoms with Crippen molar-refractivity contribution in [2.24, 2.45) is 0 Å². The second-order valence-electron chi connectivity index (χ2n) is 7.18. The molecule has 2 aromatic carbocycles. The molecule has 2 heterocycles. The number of ether oxygens (including phenoxy) is 1. The molecule has 0 aromatic heterocycles. The van der Waals surface area contributed by atoms with Crippen LogP contribution in [-0.4, -0.2) is 35.7 Å². The largest absolute Gasteiger partial charge is 1.00 e. The summed E-state index contributed by atoms with van der Waals surface area (Å²) in [7, 11) is 1.66. The maximum absolute atomic E-state index is 11.7. The molecule has 1 unspecified atom stereocenters. The summed E-state index contributed by atoms with van der Waals surface area (Å²) in [6.07, 6.45) is 4.34. The minimum absolute atomic E-state index is 0. The van der Waals surface area contributed by atoms with Gasteiger partial charge in [-0.3, -0.25) is 0 Å². The minimum atomic E-state index is -0.995. The summed E-state index contributed by atoms with van der Waals surface area (Å²) in [6, 6.07) is 16.5. The predicted molar refractivity (Wildman–Crippen MR) is 104 cm³/mol. The summed E-state index contributed by atoms with van der Waals surface area (Å²) in [5.74, 6) is 2.05. The van der Waals surface area contributed by atoms with Gasteiger partial charge >= 0.3 is 0 Å². The first-order chi connectivity index (χ1) is 12.7. The number of benzene rings is 2. The fourth-order valence-electron chi connectivity index (χ4n) is 4.15. The highest BCUT2D eigenvalue weighted by Crippen LogP contribution is 2.36. The van der Waals surface area contributed by atoms with E-state index >= 15 is 0 Å². The number of hydrogen-bond acceptors (Lipinski definition) is 3. The number of nitrogens with zero attached hydrogens (tertiary/aromatic N) is 2. The van der Waals surface area contributed by atoms with Crippen LogP contribution in [0.15, 0.2) is 48.5 Å². The molecule has 4 nitrogen and oxygen atoms in total. The first-order valence-electron chi connectivity index (χ1n) is 9.52. The van der Waals surface area contributed by atoms with Gasteiger partial charge in [-0.1, -0.05) is 19.1 Å². The summed E-state index contributed by atoms with van der Waals surface area (Å²) < 4.78 is 7.47. The van der Waals surface area contributed by atoms with Gasteiger partial charge in [0, 0.05) is 12.0 Å². The Balaban J connectivity index is 0.00000210. The maximum atomic E-state index is 11.7. The normalized spacial score (nSPS) is 21.7. The maximum Gasteiger partial charge on any atom is 0.271 e. The predicted octanol–water partition coefficient (Wildman–Crippen LogP) is 0.522. The Morgan fingerprint density at radius 1 is 1.07 bits per heavy atom. The SMILES string of the molecule is CCc1ccc(N2CC(O)(c3ccc(OC)cc3)[N+]3=C2CCCC3)cc1.[Br-]. The number of aryl methyl sites for hydroxylation is 1. The molecule has 144 valence electrons. The van der Waals surface area contributed by atoms with E-state index in [1.54, 1.807) is 7.11 Å². The molecular formula is C22H27BrN2O2. The van der Waals surface area contributed by atoms with Crippen molar-refractivity contribution in [2.45, 2.75) is 38.3 Å². The van der Waals surface area contributed by atoms with Crippen LogP contribution in [0.2, 0.25) is 0 Å². The van der Waals surface area contributed by atoms with Crippen LogP contribution in [0.4, 0.5) is 5.69 Å². The molecule has 1 atom stereocenters. The zero-order valence-electron chi connectivity index (χ0n) is 16.0. The highest BCUT2D eigenvalue weighted by molar-refractivity contribution is 5.96. The molecule has 0 spiro atoms. The Labute approximate surface area is 171 Å². The third kappa shape index (κ3) is 3.50. The van der Waals surface area contributed by atoms with Crippen molar-refractivity contribution in [3.05, 3.63) is 59.7 Å². The van der Waals surface area contributed by atoms with E-state index in [1.807, 2.05) is 24.3 Å². The summed E-state index contributed by atoms with van der Waals surface area (Å²) in [6.45, 7) is 3.62. The van der Waals surface area contributed by atoms with Crippen LogP contribution in [0.1, 0.15) is 37.3 Å². The average molecular weight is 431 g/mol. The number of amidine groups is 1. The molecular weight excluding hydrogens is 404 g/mol. The molecule has 2 aliphatic rings. The number of β-amino-alcohol motifs (C(OH)–C–C–N with tert-alkyl or cyclic N) is 1. The van der Waals surface area contributed by atoms with Gasteiger partial charge in [0.2, 0.25) is 0 Å². The Morgan fingerprint density at radius 3 is 2.41 bits per heavy atom. The lowest BCUT2D eigenvalue weighted by atomic mass is 10.0. The summed E-state index contributed by atoms with van der Waals surface area (Å²) >= 11 is 0. The summed E-state index contributed by atoms with van der Waals surface area (Å²) in [5, 5.41) is 11.7. The first-order valence-corrected chi connectivity index (χ1v) is 9.52. The van der Waals surface area contributed by atoms with Crippen LogP contribution in [0.3, 0.4) is 0 Å². The van der Waals surface area contributed by atoms with E-state index in [1.165, 1.54) is 17.8 Å². The number of anilines is 1. The van der Waals surface area contributed by atoms with Gasteiger partial charge < -0.3 is 26.8 Å². The molecule has 4 rings (SSSR count). The first kappa shape index (κ1) is 19.9. The van der Waals surface area contributed by atoms with Crippen molar-refractivity contribution in [1.82, 2.24) is 0 Å². The topological polar surface area (TPSA) is 35.7 Å². The fraction of sp³-hybridized carbons (Fsp3) is 0.409. The second kappa shape index (κ2) is 8.03. The third-order valence-corrected chi connectivity index (χ3v) is 5.69. The zero-order valence-corrected chi connectivity index (χ0v) is 17.6. The number of methoxy groups -OCH3 is 1. The number of rotatable bonds is 4. The molecule has 0 aliphatic carbocycles. The monoisotopic (exact) mass is 430 g/mol. The van der Waals surface area contributed by atoms with Crippen LogP contribution in [0.5, 0.6) is 5.75 Å². The van der Waals surface area contributed by atoms with Crippen molar-refractivity contribution in [2.75, 3.05) is 25.1 Å². The second-order valence-corrected chi connectivity index (χ2v) is 7.18. The van der Waals surface area contributed by atoms with E-state index in [-0.39, 0.29) is 17.0 Å². The van der Waals surface area contributed by atoms with Crippen molar-refractivity contribution < 1.29 is 31.4 Å². The van der Waals surface area contributed by atoms with Crippen molar-refractivity contribution in [3.8, 4) is 5.75 Å². The van der Waals surface area contributed by atoms with E-state index in [9.17, 15) is 5.11 Å². The van der Waals surface area contributed by atoms with Crippen molar-refractivity contribution in [1.29, 1.82) is 0 Å². The summed E-state index contributed by atoms with van der Waals surface area (Å²) in [4.78, 5) is 2.29. The van der Waals surface area contributed by atoms with Gasteiger partial charge in [-0.2, -0.15) is 0 Å². The van der Waals surface area contributed by atoms with Gasteiger partial charge in [0.05, 0.1) is 13.7 Å². The van der Waals surface area contributed by atoms with E-state index < -0.39 is 5.72 Å². The van der Waals surface area contributed by atoms with Gasteiger partial charge in [0.15, 0.2) is 6.54 Å². The molecule has 0 saturated heterocycles. The highest BCUT2D eigenvalue weighted by atomic mass is 79.9. The van der Waals surface area contributed by atoms with Gasteiger partial charge in [-0.05, 0) is 61.2 Å². The third-order valence-electron chi connectivity index (χ3n) is 5.69. The Hall–Kier alpha value is -1.85. The molecule has 1 N–H and O–H groups in total.